The second-order valence-electron chi connectivity index (χ2n) is 6.98. The lowest BCUT2D eigenvalue weighted by Gasteiger charge is -2.55. The molecule has 1 saturated carbocycles. The van der Waals surface area contributed by atoms with Gasteiger partial charge in [0.25, 0.3) is 0 Å². The minimum atomic E-state index is 0.223. The molecule has 148 valence electrons. The summed E-state index contributed by atoms with van der Waals surface area (Å²) in [5.74, 6) is 0.933. The topological polar surface area (TPSA) is 76.4 Å². The van der Waals surface area contributed by atoms with E-state index < -0.39 is 0 Å². The van der Waals surface area contributed by atoms with Gasteiger partial charge in [0.2, 0.25) is 0 Å². The molecule has 2 unspecified atom stereocenters. The largest absolute Gasteiger partial charge is 0.378 e. The van der Waals surface area contributed by atoms with E-state index in [0.717, 1.165) is 64.3 Å². The zero-order valence-electron chi connectivity index (χ0n) is 16.9. The highest BCUT2D eigenvalue weighted by Gasteiger charge is 2.53. The Labute approximate surface area is 158 Å². The van der Waals surface area contributed by atoms with E-state index in [-0.39, 0.29) is 5.41 Å². The number of guanidine groups is 1. The molecule has 0 amide bonds. The highest BCUT2D eigenvalue weighted by molar-refractivity contribution is 5.80. The van der Waals surface area contributed by atoms with Crippen LogP contribution in [0.4, 0.5) is 0 Å². The molecule has 7 nitrogen and oxygen atoms in total. The Morgan fingerprint density at radius 3 is 2.54 bits per heavy atom. The van der Waals surface area contributed by atoms with E-state index in [2.05, 4.69) is 48.5 Å². The summed E-state index contributed by atoms with van der Waals surface area (Å²) in [4.78, 5) is 4.77. The Morgan fingerprint density at radius 2 is 1.92 bits per heavy atom. The van der Waals surface area contributed by atoms with E-state index in [0.29, 0.717) is 12.1 Å². The molecule has 0 aromatic carbocycles. The van der Waals surface area contributed by atoms with Crippen LogP contribution in [0.3, 0.4) is 0 Å². The Hall–Kier alpha value is -1.63. The third kappa shape index (κ3) is 4.96. The van der Waals surface area contributed by atoms with E-state index in [1.54, 1.807) is 12.7 Å². The minimum Gasteiger partial charge on any atom is -0.378 e. The first-order valence-corrected chi connectivity index (χ1v) is 10.2. The molecule has 2 rings (SSSR count). The van der Waals surface area contributed by atoms with Gasteiger partial charge in [0.1, 0.15) is 12.7 Å². The van der Waals surface area contributed by atoms with Crippen LogP contribution in [0.25, 0.3) is 0 Å². The van der Waals surface area contributed by atoms with Crippen molar-refractivity contribution in [3.8, 4) is 0 Å². The Balaban J connectivity index is 1.84. The quantitative estimate of drug-likeness (QED) is 0.359. The van der Waals surface area contributed by atoms with Crippen LogP contribution >= 0.6 is 0 Å². The number of nitrogens with one attached hydrogen (secondary N) is 2. The molecule has 0 bridgehead atoms. The smallest absolute Gasteiger partial charge is 0.191 e. The Kier molecular flexibility index (Phi) is 8.35. The van der Waals surface area contributed by atoms with Crippen LogP contribution in [-0.2, 0) is 11.3 Å². The van der Waals surface area contributed by atoms with Crippen molar-refractivity contribution < 1.29 is 4.74 Å². The predicted molar refractivity (Wildman–Crippen MR) is 105 cm³/mol. The van der Waals surface area contributed by atoms with Gasteiger partial charge < -0.3 is 19.9 Å². The second-order valence-corrected chi connectivity index (χ2v) is 6.98. The van der Waals surface area contributed by atoms with Crippen LogP contribution in [0, 0.1) is 5.41 Å². The second kappa shape index (κ2) is 10.5. The van der Waals surface area contributed by atoms with E-state index in [1.165, 1.54) is 0 Å². The molecule has 1 aliphatic rings. The lowest BCUT2D eigenvalue weighted by molar-refractivity contribution is -0.133. The first-order chi connectivity index (χ1) is 12.7. The summed E-state index contributed by atoms with van der Waals surface area (Å²) >= 11 is 0. The molecule has 2 atom stereocenters. The summed E-state index contributed by atoms with van der Waals surface area (Å²) in [7, 11) is 0. The summed E-state index contributed by atoms with van der Waals surface area (Å²) in [6.07, 6.45) is 9.33. The molecule has 1 aromatic heterocycles. The van der Waals surface area contributed by atoms with Crippen molar-refractivity contribution >= 4 is 5.96 Å². The van der Waals surface area contributed by atoms with Gasteiger partial charge in [-0.1, -0.05) is 13.8 Å². The maximum Gasteiger partial charge on any atom is 0.191 e. The molecule has 26 heavy (non-hydrogen) atoms. The fourth-order valence-corrected chi connectivity index (χ4v) is 4.00. The van der Waals surface area contributed by atoms with E-state index in [4.69, 9.17) is 9.73 Å². The molecule has 2 N–H and O–H groups in total. The van der Waals surface area contributed by atoms with Gasteiger partial charge in [-0.2, -0.15) is 0 Å². The van der Waals surface area contributed by atoms with Crippen LogP contribution < -0.4 is 10.6 Å². The monoisotopic (exact) mass is 364 g/mol. The van der Waals surface area contributed by atoms with Crippen molar-refractivity contribution in [1.29, 1.82) is 0 Å². The highest BCUT2D eigenvalue weighted by atomic mass is 16.5. The number of nitrogens with zero attached hydrogens (tertiary/aromatic N) is 4. The van der Waals surface area contributed by atoms with E-state index >= 15 is 0 Å². The molecular formula is C19H36N6O. The van der Waals surface area contributed by atoms with Gasteiger partial charge in [-0.05, 0) is 46.0 Å². The summed E-state index contributed by atoms with van der Waals surface area (Å²) < 4.78 is 7.99. The number of unbranched alkanes of at least 4 members (excludes halogenated alkanes) is 1. The van der Waals surface area contributed by atoms with Gasteiger partial charge in [-0.3, -0.25) is 4.99 Å². The minimum absolute atomic E-state index is 0.223. The average Bonchev–Trinajstić information content (AvgIpc) is 3.15. The molecule has 0 spiro atoms. The van der Waals surface area contributed by atoms with Gasteiger partial charge in [-0.25, -0.2) is 0 Å². The maximum absolute atomic E-state index is 5.98. The highest BCUT2D eigenvalue weighted by Crippen LogP contribution is 2.48. The van der Waals surface area contributed by atoms with Crippen LogP contribution in [-0.4, -0.2) is 52.6 Å². The normalized spacial score (nSPS) is 22.1. The lowest BCUT2D eigenvalue weighted by Crippen LogP contribution is -2.65. The number of hydrogen-bond donors (Lipinski definition) is 2. The number of ether oxygens (including phenoxy) is 1. The van der Waals surface area contributed by atoms with Crippen LogP contribution in [0.2, 0.25) is 0 Å². The predicted octanol–water partition coefficient (Wildman–Crippen LogP) is 2.60. The summed E-state index contributed by atoms with van der Waals surface area (Å²) in [6.45, 7) is 12.2. The first kappa shape index (κ1) is 20.7. The van der Waals surface area contributed by atoms with E-state index in [1.807, 2.05) is 4.57 Å². The van der Waals surface area contributed by atoms with Gasteiger partial charge in [0.05, 0.1) is 6.10 Å². The number of rotatable bonds is 11. The zero-order chi connectivity index (χ0) is 18.8. The maximum atomic E-state index is 5.98. The number of aliphatic imine (C=N–C) groups is 1. The van der Waals surface area contributed by atoms with Crippen molar-refractivity contribution in [2.45, 2.75) is 78.5 Å². The van der Waals surface area contributed by atoms with Gasteiger partial charge in [0.15, 0.2) is 5.96 Å². The van der Waals surface area contributed by atoms with Crippen molar-refractivity contribution in [3.05, 3.63) is 12.7 Å². The SMILES string of the molecule is CCNC(=NCCCCn1cnnc1)NC1CC(OCC)C1(CC)CC. The van der Waals surface area contributed by atoms with Crippen LogP contribution in [0.15, 0.2) is 17.6 Å². The Morgan fingerprint density at radius 1 is 1.19 bits per heavy atom. The average molecular weight is 365 g/mol. The van der Waals surface area contributed by atoms with Gasteiger partial charge >= 0.3 is 0 Å². The molecule has 0 radical (unpaired) electrons. The van der Waals surface area contributed by atoms with Crippen molar-refractivity contribution in [2.24, 2.45) is 10.4 Å². The molecule has 0 saturated heterocycles. The van der Waals surface area contributed by atoms with E-state index in [9.17, 15) is 0 Å². The zero-order valence-corrected chi connectivity index (χ0v) is 16.9. The molecule has 1 aliphatic carbocycles. The molecule has 0 aliphatic heterocycles. The Bertz CT molecular complexity index is 526. The molecule has 7 heteroatoms. The van der Waals surface area contributed by atoms with Gasteiger partial charge in [-0.15, -0.1) is 10.2 Å². The number of aromatic nitrogens is 3. The molecule has 1 fully saturated rings. The fraction of sp³-hybridized carbons (Fsp3) is 0.842. The standard InChI is InChI=1S/C19H36N6O/c1-5-19(6-2)16(13-17(19)26-8-4)24-18(20-7-3)21-11-9-10-12-25-14-22-23-15-25/h14-17H,5-13H2,1-4H3,(H2,20,21,24). The lowest BCUT2D eigenvalue weighted by atomic mass is 9.58. The van der Waals surface area contributed by atoms with Crippen molar-refractivity contribution in [2.75, 3.05) is 19.7 Å². The summed E-state index contributed by atoms with van der Waals surface area (Å²) in [6, 6.07) is 0.434. The molecule has 1 heterocycles. The van der Waals surface area contributed by atoms with Crippen LogP contribution in [0.5, 0.6) is 0 Å². The fourth-order valence-electron chi connectivity index (χ4n) is 4.00. The number of aryl methyl sites for hydroxylation is 1. The number of hydrogen-bond acceptors (Lipinski definition) is 4. The van der Waals surface area contributed by atoms with Gasteiger partial charge in [0, 0.05) is 37.7 Å². The summed E-state index contributed by atoms with van der Waals surface area (Å²) in [5, 5.41) is 14.7. The molecule has 1 aromatic rings. The molecular weight excluding hydrogens is 328 g/mol. The van der Waals surface area contributed by atoms with Crippen LogP contribution in [0.1, 0.15) is 59.8 Å². The van der Waals surface area contributed by atoms with Crippen molar-refractivity contribution in [3.63, 3.8) is 0 Å². The first-order valence-electron chi connectivity index (χ1n) is 10.2. The third-order valence-corrected chi connectivity index (χ3v) is 5.69. The summed E-state index contributed by atoms with van der Waals surface area (Å²) in [5.41, 5.74) is 0.223. The third-order valence-electron chi connectivity index (χ3n) is 5.69. The van der Waals surface area contributed by atoms with Crippen molar-refractivity contribution in [1.82, 2.24) is 25.4 Å².